The molecule has 9 aromatic rings. The zero-order chi connectivity index (χ0) is 41.6. The molecule has 3 aliphatic rings. The Morgan fingerprint density at radius 1 is 0.328 bits per heavy atom. The van der Waals surface area contributed by atoms with Crippen LogP contribution in [0.4, 0.5) is 34.1 Å². The number of fused-ring (bicyclic) bond motifs is 10. The lowest BCUT2D eigenvalue weighted by molar-refractivity contribution is 0.631. The first kappa shape index (κ1) is 36.0. The van der Waals surface area contributed by atoms with E-state index >= 15 is 0 Å². The maximum Gasteiger partial charge on any atom is 0.0547 e. The van der Waals surface area contributed by atoms with Gasteiger partial charge in [0.25, 0.3) is 0 Å². The first-order valence-electron chi connectivity index (χ1n) is 21.8. The maximum absolute atomic E-state index is 2.52. The fraction of sp³-hybridized carbons (Fsp3) is 0.172. The van der Waals surface area contributed by atoms with E-state index in [1.54, 1.807) is 0 Å². The Labute approximate surface area is 359 Å². The molecule has 0 bridgehead atoms. The van der Waals surface area contributed by atoms with E-state index in [1.165, 1.54) is 112 Å². The van der Waals surface area contributed by atoms with Gasteiger partial charge in [-0.2, -0.15) is 0 Å². The normalized spacial score (nSPS) is 16.1. The molecule has 0 saturated carbocycles. The summed E-state index contributed by atoms with van der Waals surface area (Å²) in [7, 11) is 0. The largest absolute Gasteiger partial charge is 0.310 e. The highest BCUT2D eigenvalue weighted by atomic mass is 15.2. The van der Waals surface area contributed by atoms with Crippen molar-refractivity contribution in [2.45, 2.75) is 64.7 Å². The molecule has 0 radical (unpaired) electrons. The summed E-state index contributed by atoms with van der Waals surface area (Å²) in [5, 5.41) is 2.53. The first-order chi connectivity index (χ1) is 29.4. The van der Waals surface area contributed by atoms with Crippen molar-refractivity contribution in [2.75, 3.05) is 9.80 Å². The molecule has 0 spiro atoms. The molecule has 296 valence electrons. The minimum Gasteiger partial charge on any atom is -0.310 e. The number of benzene rings is 8. The Bertz CT molecular complexity index is 3200. The van der Waals surface area contributed by atoms with Crippen LogP contribution in [0.2, 0.25) is 0 Å². The van der Waals surface area contributed by atoms with E-state index in [0.29, 0.717) is 0 Å². The predicted octanol–water partition coefficient (Wildman–Crippen LogP) is 15.6. The summed E-state index contributed by atoms with van der Waals surface area (Å²) in [6, 6.07) is 64.1. The Balaban J connectivity index is 1.07. The number of rotatable bonds is 3. The molecule has 2 aliphatic heterocycles. The number of hydrogen-bond donors (Lipinski definition) is 0. The molecule has 1 aliphatic carbocycles. The van der Waals surface area contributed by atoms with Crippen molar-refractivity contribution in [1.82, 2.24) is 4.57 Å². The van der Waals surface area contributed by atoms with Crippen LogP contribution in [0.15, 0.2) is 170 Å². The highest BCUT2D eigenvalue weighted by Crippen LogP contribution is 2.57. The van der Waals surface area contributed by atoms with E-state index in [0.717, 1.165) is 0 Å². The van der Waals surface area contributed by atoms with Gasteiger partial charge in [0.2, 0.25) is 0 Å². The summed E-state index contributed by atoms with van der Waals surface area (Å²) in [4.78, 5) is 4.97. The minimum atomic E-state index is -0.227. The quantitative estimate of drug-likeness (QED) is 0.177. The summed E-state index contributed by atoms with van der Waals surface area (Å²) >= 11 is 0. The zero-order valence-electron chi connectivity index (χ0n) is 36.0. The molecular weight excluding hydrogens is 739 g/mol. The lowest BCUT2D eigenvalue weighted by atomic mass is 9.73. The molecule has 3 heteroatoms. The van der Waals surface area contributed by atoms with Crippen LogP contribution in [0.5, 0.6) is 0 Å². The monoisotopic (exact) mass is 787 g/mol. The molecule has 0 amide bonds. The van der Waals surface area contributed by atoms with Crippen molar-refractivity contribution in [1.29, 1.82) is 0 Å². The van der Waals surface area contributed by atoms with E-state index in [1.807, 2.05) is 0 Å². The van der Waals surface area contributed by atoms with Gasteiger partial charge < -0.3 is 14.4 Å². The van der Waals surface area contributed by atoms with Gasteiger partial charge in [-0.1, -0.05) is 138 Å². The second-order valence-electron chi connectivity index (χ2n) is 19.1. The van der Waals surface area contributed by atoms with Crippen molar-refractivity contribution in [3.8, 4) is 16.8 Å². The summed E-state index contributed by atoms with van der Waals surface area (Å²) in [6.07, 6.45) is 0. The molecule has 12 rings (SSSR count). The Morgan fingerprint density at radius 2 is 0.738 bits per heavy atom. The first-order valence-corrected chi connectivity index (χ1v) is 21.8. The van der Waals surface area contributed by atoms with Gasteiger partial charge in [-0.05, 0) is 130 Å². The third-order valence-corrected chi connectivity index (χ3v) is 14.6. The molecule has 0 N–H and O–H groups in total. The van der Waals surface area contributed by atoms with Crippen LogP contribution in [0.25, 0.3) is 38.6 Å². The van der Waals surface area contributed by atoms with Crippen LogP contribution < -0.4 is 9.80 Å². The van der Waals surface area contributed by atoms with Gasteiger partial charge in [0, 0.05) is 44.1 Å². The number of aryl methyl sites for hydroxylation is 1. The van der Waals surface area contributed by atoms with Crippen LogP contribution in [0.3, 0.4) is 0 Å². The van der Waals surface area contributed by atoms with Gasteiger partial charge in [-0.15, -0.1) is 0 Å². The van der Waals surface area contributed by atoms with E-state index in [-0.39, 0.29) is 16.2 Å². The third-order valence-electron chi connectivity index (χ3n) is 14.6. The van der Waals surface area contributed by atoms with Crippen molar-refractivity contribution in [3.05, 3.63) is 209 Å². The number of anilines is 6. The van der Waals surface area contributed by atoms with Crippen molar-refractivity contribution < 1.29 is 0 Å². The highest BCUT2D eigenvalue weighted by Gasteiger charge is 2.41. The Morgan fingerprint density at radius 3 is 1.26 bits per heavy atom. The molecule has 0 saturated heterocycles. The number of hydrogen-bond acceptors (Lipinski definition) is 2. The van der Waals surface area contributed by atoms with Gasteiger partial charge in [0.1, 0.15) is 0 Å². The van der Waals surface area contributed by atoms with Crippen LogP contribution in [-0.4, -0.2) is 4.57 Å². The van der Waals surface area contributed by atoms with E-state index < -0.39 is 0 Å². The zero-order valence-corrected chi connectivity index (χ0v) is 36.0. The average Bonchev–Trinajstić information content (AvgIpc) is 3.70. The molecule has 8 aromatic carbocycles. The fourth-order valence-corrected chi connectivity index (χ4v) is 11.4. The van der Waals surface area contributed by atoms with Gasteiger partial charge in [0.15, 0.2) is 0 Å². The minimum absolute atomic E-state index is 0.104. The van der Waals surface area contributed by atoms with Gasteiger partial charge in [-0.25, -0.2) is 0 Å². The summed E-state index contributed by atoms with van der Waals surface area (Å²) < 4.78 is 2.48. The fourth-order valence-electron chi connectivity index (χ4n) is 11.4. The number of aromatic nitrogens is 1. The van der Waals surface area contributed by atoms with Crippen LogP contribution in [-0.2, 0) is 16.2 Å². The van der Waals surface area contributed by atoms with Gasteiger partial charge in [0.05, 0.1) is 33.8 Å². The lowest BCUT2D eigenvalue weighted by Crippen LogP contribution is -2.30. The second kappa shape index (κ2) is 12.4. The van der Waals surface area contributed by atoms with Crippen molar-refractivity contribution >= 4 is 55.9 Å². The topological polar surface area (TPSA) is 11.4 Å². The molecule has 1 aromatic heterocycles. The molecule has 3 nitrogen and oxygen atoms in total. The van der Waals surface area contributed by atoms with Crippen LogP contribution in [0.1, 0.15) is 80.5 Å². The number of para-hydroxylation sites is 4. The summed E-state index contributed by atoms with van der Waals surface area (Å²) in [5.74, 6) is 0. The average molecular weight is 788 g/mol. The van der Waals surface area contributed by atoms with Gasteiger partial charge in [-0.3, -0.25) is 0 Å². The SMILES string of the molecule is Cc1ccc(-n2c3ccc(N4c5ccccc5C(C)(C)c5ccccc54)cc3c3cc4c(cc32)-c2ccc(N3c5ccccc5C(C)(C)c5ccccc53)cc2C4(C)C)cc1. The van der Waals surface area contributed by atoms with E-state index in [2.05, 4.69) is 233 Å². The molecule has 0 fully saturated rings. The summed E-state index contributed by atoms with van der Waals surface area (Å²) in [6.45, 7) is 16.4. The molecule has 3 heterocycles. The van der Waals surface area contributed by atoms with Crippen LogP contribution in [0, 0.1) is 6.92 Å². The van der Waals surface area contributed by atoms with E-state index in [9.17, 15) is 0 Å². The molecule has 61 heavy (non-hydrogen) atoms. The molecular formula is C58H49N3. The predicted molar refractivity (Wildman–Crippen MR) is 257 cm³/mol. The highest BCUT2D eigenvalue weighted by molar-refractivity contribution is 6.13. The smallest absolute Gasteiger partial charge is 0.0547 e. The van der Waals surface area contributed by atoms with Crippen molar-refractivity contribution in [2.24, 2.45) is 0 Å². The van der Waals surface area contributed by atoms with E-state index in [4.69, 9.17) is 0 Å². The molecule has 0 unspecified atom stereocenters. The van der Waals surface area contributed by atoms with Crippen LogP contribution >= 0.6 is 0 Å². The summed E-state index contributed by atoms with van der Waals surface area (Å²) in [5.41, 5.74) is 22.5. The maximum atomic E-state index is 2.52. The van der Waals surface area contributed by atoms with Gasteiger partial charge >= 0.3 is 0 Å². The molecule has 0 atom stereocenters. The Hall–Kier alpha value is -6.84. The second-order valence-corrected chi connectivity index (χ2v) is 19.1. The lowest BCUT2D eigenvalue weighted by Gasteiger charge is -2.42. The standard InChI is InChI=1S/C58H49N3/c1-36-24-26-37(27-25-36)59-50-31-29-38(60-51-20-12-8-16-44(51)56(2,3)45-17-9-13-21-52(45)60)32-42(50)43-34-49-41(35-55(43)59)40-30-28-39(33-48(40)58(49,6)7)61-53-22-14-10-18-46(53)57(4,5)47-19-11-15-23-54(47)61/h8-35H,1-7H3. The Kier molecular flexibility index (Phi) is 7.31. The number of nitrogens with zero attached hydrogens (tertiary/aromatic N) is 3. The third kappa shape index (κ3) is 4.86. The van der Waals surface area contributed by atoms with Crippen molar-refractivity contribution in [3.63, 3.8) is 0 Å².